The Bertz CT molecular complexity index is 660. The lowest BCUT2D eigenvalue weighted by Crippen LogP contribution is -2.31. The summed E-state index contributed by atoms with van der Waals surface area (Å²) >= 11 is 3.37. The Kier molecular flexibility index (Phi) is 6.10. The van der Waals surface area contributed by atoms with Crippen molar-refractivity contribution in [3.8, 4) is 5.75 Å². The Hall–Kier alpha value is -1.50. The number of likely N-dealkylation sites (tertiary alicyclic amines) is 1. The molecule has 2 N–H and O–H groups in total. The molecule has 7 heteroatoms. The molecule has 1 saturated heterocycles. The number of halogens is 2. The second kappa shape index (κ2) is 7.86. The molecule has 23 heavy (non-hydrogen) atoms. The molecule has 124 valence electrons. The number of furan rings is 1. The highest BCUT2D eigenvalue weighted by molar-refractivity contribution is 9.10. The number of hydrogen-bond donors (Lipinski definition) is 1. The van der Waals surface area contributed by atoms with Crippen molar-refractivity contribution in [1.82, 2.24) is 4.90 Å². The lowest BCUT2D eigenvalue weighted by molar-refractivity contribution is 0.0755. The van der Waals surface area contributed by atoms with Crippen molar-refractivity contribution < 1.29 is 13.9 Å². The van der Waals surface area contributed by atoms with E-state index in [0.717, 1.165) is 16.6 Å². The second-order valence-electron chi connectivity index (χ2n) is 5.31. The first kappa shape index (κ1) is 17.8. The minimum absolute atomic E-state index is 0. The van der Waals surface area contributed by atoms with Crippen molar-refractivity contribution in [3.63, 3.8) is 0 Å². The van der Waals surface area contributed by atoms with Gasteiger partial charge in [-0.1, -0.05) is 15.9 Å². The van der Waals surface area contributed by atoms with Gasteiger partial charge in [-0.3, -0.25) is 4.79 Å². The number of ether oxygens (including phenoxy) is 1. The molecule has 1 aromatic carbocycles. The normalized spacial score (nSPS) is 17.0. The van der Waals surface area contributed by atoms with Crippen LogP contribution in [0, 0.1) is 0 Å². The van der Waals surface area contributed by atoms with Crippen LogP contribution >= 0.6 is 28.3 Å². The average molecular weight is 402 g/mol. The molecule has 0 spiro atoms. The Morgan fingerprint density at radius 2 is 2.04 bits per heavy atom. The van der Waals surface area contributed by atoms with Crippen molar-refractivity contribution in [3.05, 3.63) is 52.4 Å². The van der Waals surface area contributed by atoms with Gasteiger partial charge in [-0.2, -0.15) is 0 Å². The van der Waals surface area contributed by atoms with E-state index in [9.17, 15) is 4.79 Å². The van der Waals surface area contributed by atoms with Gasteiger partial charge in [0, 0.05) is 23.6 Å². The van der Waals surface area contributed by atoms with Crippen molar-refractivity contribution in [1.29, 1.82) is 0 Å². The van der Waals surface area contributed by atoms with Crippen LogP contribution in [0.15, 0.2) is 45.3 Å². The molecular weight excluding hydrogens is 384 g/mol. The molecule has 1 amide bonds. The summed E-state index contributed by atoms with van der Waals surface area (Å²) in [4.78, 5) is 14.0. The SMILES string of the molecule is Cl.N[C@@H]1CCN(C(=O)c2ccc(COc3ccc(Br)cc3)o2)C1. The third kappa shape index (κ3) is 4.50. The second-order valence-corrected chi connectivity index (χ2v) is 6.22. The third-order valence-corrected chi connectivity index (χ3v) is 4.11. The van der Waals surface area contributed by atoms with Crippen LogP contribution in [0.25, 0.3) is 0 Å². The van der Waals surface area contributed by atoms with Gasteiger partial charge in [0.15, 0.2) is 5.76 Å². The molecule has 3 rings (SSSR count). The zero-order valence-electron chi connectivity index (χ0n) is 12.4. The van der Waals surface area contributed by atoms with Gasteiger partial charge >= 0.3 is 0 Å². The van der Waals surface area contributed by atoms with Gasteiger partial charge in [-0.05, 0) is 42.8 Å². The molecule has 5 nitrogen and oxygen atoms in total. The quantitative estimate of drug-likeness (QED) is 0.854. The number of amides is 1. The van der Waals surface area contributed by atoms with Gasteiger partial charge in [0.2, 0.25) is 0 Å². The molecule has 1 aromatic heterocycles. The molecule has 0 radical (unpaired) electrons. The summed E-state index contributed by atoms with van der Waals surface area (Å²) in [5.41, 5.74) is 5.82. The number of rotatable bonds is 4. The average Bonchev–Trinajstić information content (AvgIpc) is 3.15. The molecule has 0 unspecified atom stereocenters. The summed E-state index contributed by atoms with van der Waals surface area (Å²) in [7, 11) is 0. The molecule has 2 aromatic rings. The minimum Gasteiger partial charge on any atom is -0.486 e. The third-order valence-electron chi connectivity index (χ3n) is 3.58. The fraction of sp³-hybridized carbons (Fsp3) is 0.312. The topological polar surface area (TPSA) is 68.7 Å². The van der Waals surface area contributed by atoms with Gasteiger partial charge < -0.3 is 19.8 Å². The van der Waals surface area contributed by atoms with Crippen LogP contribution in [0.1, 0.15) is 22.7 Å². The number of benzene rings is 1. The first-order chi connectivity index (χ1) is 10.6. The molecule has 1 aliphatic rings. The molecule has 2 heterocycles. The Balaban J connectivity index is 0.00000192. The molecule has 1 aliphatic heterocycles. The predicted molar refractivity (Wildman–Crippen MR) is 92.9 cm³/mol. The fourth-order valence-electron chi connectivity index (χ4n) is 2.38. The van der Waals surface area contributed by atoms with Crippen molar-refractivity contribution in [2.45, 2.75) is 19.1 Å². The number of carbonyl (C=O) groups excluding carboxylic acids is 1. The van der Waals surface area contributed by atoms with Crippen LogP contribution in [0.2, 0.25) is 0 Å². The summed E-state index contributed by atoms with van der Waals surface area (Å²) in [6.45, 7) is 1.56. The van der Waals surface area contributed by atoms with Crippen LogP contribution in [-0.2, 0) is 6.61 Å². The number of nitrogens with zero attached hydrogens (tertiary/aromatic N) is 1. The molecule has 1 atom stereocenters. The van der Waals surface area contributed by atoms with Gasteiger partial charge in [0.1, 0.15) is 18.1 Å². The highest BCUT2D eigenvalue weighted by Gasteiger charge is 2.26. The zero-order valence-corrected chi connectivity index (χ0v) is 14.8. The first-order valence-electron chi connectivity index (χ1n) is 7.14. The summed E-state index contributed by atoms with van der Waals surface area (Å²) in [5, 5.41) is 0. The summed E-state index contributed by atoms with van der Waals surface area (Å²) in [6, 6.07) is 11.1. The Morgan fingerprint density at radius 1 is 1.30 bits per heavy atom. The highest BCUT2D eigenvalue weighted by Crippen LogP contribution is 2.19. The van der Waals surface area contributed by atoms with Gasteiger partial charge in [0.05, 0.1) is 0 Å². The van der Waals surface area contributed by atoms with Crippen LogP contribution in [0.4, 0.5) is 0 Å². The van der Waals surface area contributed by atoms with E-state index in [-0.39, 0.29) is 31.0 Å². The maximum absolute atomic E-state index is 12.2. The van der Waals surface area contributed by atoms with E-state index in [1.807, 2.05) is 24.3 Å². The summed E-state index contributed by atoms with van der Waals surface area (Å²) < 4.78 is 12.2. The lowest BCUT2D eigenvalue weighted by Gasteiger charge is -2.13. The van der Waals surface area contributed by atoms with E-state index in [2.05, 4.69) is 15.9 Å². The maximum atomic E-state index is 12.2. The Morgan fingerprint density at radius 3 is 2.70 bits per heavy atom. The molecule has 0 bridgehead atoms. The van der Waals surface area contributed by atoms with Crippen LogP contribution in [-0.4, -0.2) is 29.9 Å². The van der Waals surface area contributed by atoms with Crippen molar-refractivity contribution >= 4 is 34.2 Å². The fourth-order valence-corrected chi connectivity index (χ4v) is 2.65. The van der Waals surface area contributed by atoms with E-state index in [1.54, 1.807) is 17.0 Å². The standard InChI is InChI=1S/C16H17BrN2O3.ClH/c17-11-1-3-13(4-2-11)21-10-14-5-6-15(22-14)16(20)19-8-7-12(18)9-19;/h1-6,12H,7-10,18H2;1H/t12-;/m1./s1. The zero-order chi connectivity index (χ0) is 15.5. The van der Waals surface area contributed by atoms with E-state index >= 15 is 0 Å². The monoisotopic (exact) mass is 400 g/mol. The van der Waals surface area contributed by atoms with E-state index in [4.69, 9.17) is 14.9 Å². The number of carbonyl (C=O) groups is 1. The van der Waals surface area contributed by atoms with E-state index in [0.29, 0.717) is 24.6 Å². The van der Waals surface area contributed by atoms with Crippen molar-refractivity contribution in [2.24, 2.45) is 5.73 Å². The summed E-state index contributed by atoms with van der Waals surface area (Å²) in [6.07, 6.45) is 0.839. The predicted octanol–water partition coefficient (Wildman–Crippen LogP) is 3.22. The van der Waals surface area contributed by atoms with E-state index < -0.39 is 0 Å². The van der Waals surface area contributed by atoms with Crippen molar-refractivity contribution in [2.75, 3.05) is 13.1 Å². The van der Waals surface area contributed by atoms with Gasteiger partial charge in [-0.15, -0.1) is 12.4 Å². The maximum Gasteiger partial charge on any atom is 0.289 e. The van der Waals surface area contributed by atoms with E-state index in [1.165, 1.54) is 0 Å². The number of nitrogens with two attached hydrogens (primary N) is 1. The lowest BCUT2D eigenvalue weighted by atomic mass is 10.3. The smallest absolute Gasteiger partial charge is 0.289 e. The van der Waals surface area contributed by atoms with Gasteiger partial charge in [0.25, 0.3) is 5.91 Å². The molecule has 1 fully saturated rings. The molecule has 0 aliphatic carbocycles. The number of hydrogen-bond acceptors (Lipinski definition) is 4. The molecular formula is C16H18BrClN2O3. The molecule has 0 saturated carbocycles. The Labute approximate surface area is 149 Å². The minimum atomic E-state index is -0.108. The van der Waals surface area contributed by atoms with Gasteiger partial charge in [-0.25, -0.2) is 0 Å². The largest absolute Gasteiger partial charge is 0.486 e. The van der Waals surface area contributed by atoms with Crippen LogP contribution < -0.4 is 10.5 Å². The van der Waals surface area contributed by atoms with Crippen LogP contribution in [0.3, 0.4) is 0 Å². The first-order valence-corrected chi connectivity index (χ1v) is 7.93. The van der Waals surface area contributed by atoms with Crippen LogP contribution in [0.5, 0.6) is 5.75 Å². The highest BCUT2D eigenvalue weighted by atomic mass is 79.9. The summed E-state index contributed by atoms with van der Waals surface area (Å²) in [5.74, 6) is 1.60.